The Balaban J connectivity index is 2.84. The minimum atomic E-state index is -0.732. The smallest absolute Gasteiger partial charge is 0.134 e. The van der Waals surface area contributed by atoms with Crippen molar-refractivity contribution >= 4 is 16.0 Å². The van der Waals surface area contributed by atoms with E-state index in [0.29, 0.717) is 5.92 Å². The van der Waals surface area contributed by atoms with Crippen molar-refractivity contribution in [1.29, 1.82) is 0 Å². The molecule has 0 bridgehead atoms. The van der Waals surface area contributed by atoms with E-state index in [9.17, 15) is 0 Å². The lowest BCUT2D eigenvalue weighted by Gasteiger charge is -2.27. The van der Waals surface area contributed by atoms with Gasteiger partial charge in [0.2, 0.25) is 0 Å². The predicted molar refractivity (Wildman–Crippen MR) is 67.3 cm³/mol. The number of hydrogen-bond donors (Lipinski definition) is 1. The van der Waals surface area contributed by atoms with Crippen molar-refractivity contribution in [3.05, 3.63) is 23.9 Å². The van der Waals surface area contributed by atoms with Gasteiger partial charge in [-0.2, -0.15) is 10.2 Å². The Morgan fingerprint density at radius 1 is 1.21 bits per heavy atom. The average Bonchev–Trinajstić information content (AvgIpc) is 2.01. The predicted octanol–water partition coefficient (Wildman–Crippen LogP) is 3.23. The highest BCUT2D eigenvalue weighted by atomic mass is 32.3. The van der Waals surface area contributed by atoms with Gasteiger partial charge in [-0.3, -0.25) is 0 Å². The van der Waals surface area contributed by atoms with Gasteiger partial charge < -0.3 is 4.72 Å². The van der Waals surface area contributed by atoms with Crippen molar-refractivity contribution in [3.8, 4) is 0 Å². The summed E-state index contributed by atoms with van der Waals surface area (Å²) in [6.45, 7) is 4.33. The highest BCUT2D eigenvalue weighted by molar-refractivity contribution is 8.33. The van der Waals surface area contributed by atoms with E-state index in [-0.39, 0.29) is 0 Å². The molecule has 14 heavy (non-hydrogen) atoms. The lowest BCUT2D eigenvalue weighted by atomic mass is 10.1. The molecule has 80 valence electrons. The second-order valence-electron chi connectivity index (χ2n) is 4.54. The third-order valence-corrected chi connectivity index (χ3v) is 2.59. The summed E-state index contributed by atoms with van der Waals surface area (Å²) in [4.78, 5) is 4.57. The van der Waals surface area contributed by atoms with E-state index in [1.807, 2.05) is 6.07 Å². The zero-order valence-electron chi connectivity index (χ0n) is 9.66. The molecule has 0 atom stereocenters. The minimum absolute atomic E-state index is 0.492. The number of hydrogen-bond acceptors (Lipinski definition) is 2. The standard InChI is InChI=1S/C11H20N2S/c1-9(2)10-7-6-8-11(12-10)13-14(3,4)5/h6-9H,1-5H3,(H,12,13). The van der Waals surface area contributed by atoms with Crippen molar-refractivity contribution < 1.29 is 0 Å². The van der Waals surface area contributed by atoms with Crippen LogP contribution in [-0.2, 0) is 0 Å². The van der Waals surface area contributed by atoms with Crippen LogP contribution in [0.3, 0.4) is 0 Å². The maximum Gasteiger partial charge on any atom is 0.134 e. The highest BCUT2D eigenvalue weighted by Gasteiger charge is 2.06. The molecule has 0 aliphatic heterocycles. The molecule has 1 rings (SSSR count). The lowest BCUT2D eigenvalue weighted by Crippen LogP contribution is -2.07. The summed E-state index contributed by atoms with van der Waals surface area (Å²) in [5, 5.41) is 0. The highest BCUT2D eigenvalue weighted by Crippen LogP contribution is 2.34. The quantitative estimate of drug-likeness (QED) is 0.832. The molecule has 0 amide bonds. The molecule has 1 aromatic heterocycles. The Morgan fingerprint density at radius 3 is 2.36 bits per heavy atom. The number of anilines is 1. The average molecular weight is 212 g/mol. The molecule has 2 nitrogen and oxygen atoms in total. The molecular formula is C11H20N2S. The molecule has 1 N–H and O–H groups in total. The van der Waals surface area contributed by atoms with Crippen LogP contribution in [0.2, 0.25) is 0 Å². The molecule has 0 radical (unpaired) electrons. The van der Waals surface area contributed by atoms with Crippen molar-refractivity contribution in [3.63, 3.8) is 0 Å². The number of nitrogens with zero attached hydrogens (tertiary/aromatic N) is 1. The van der Waals surface area contributed by atoms with Crippen LogP contribution in [0.4, 0.5) is 5.82 Å². The van der Waals surface area contributed by atoms with Gasteiger partial charge in [0.15, 0.2) is 0 Å². The molecule has 0 aliphatic rings. The Morgan fingerprint density at radius 2 is 1.86 bits per heavy atom. The number of rotatable bonds is 3. The molecule has 1 aromatic rings. The number of nitrogens with one attached hydrogen (secondary N) is 1. The fourth-order valence-electron chi connectivity index (χ4n) is 1.14. The van der Waals surface area contributed by atoms with E-state index < -0.39 is 10.2 Å². The monoisotopic (exact) mass is 212 g/mol. The van der Waals surface area contributed by atoms with Gasteiger partial charge in [-0.25, -0.2) is 4.98 Å². The van der Waals surface area contributed by atoms with Gasteiger partial charge in [0.05, 0.1) is 0 Å². The minimum Gasteiger partial charge on any atom is -0.333 e. The van der Waals surface area contributed by atoms with E-state index in [4.69, 9.17) is 0 Å². The fourth-order valence-corrected chi connectivity index (χ4v) is 1.88. The molecule has 0 saturated heterocycles. The maximum absolute atomic E-state index is 4.57. The van der Waals surface area contributed by atoms with Gasteiger partial charge in [-0.15, -0.1) is 0 Å². The first-order valence-corrected chi connectivity index (χ1v) is 7.67. The van der Waals surface area contributed by atoms with Crippen molar-refractivity contribution in [1.82, 2.24) is 4.98 Å². The van der Waals surface area contributed by atoms with E-state index in [1.165, 1.54) is 0 Å². The third kappa shape index (κ3) is 3.58. The van der Waals surface area contributed by atoms with Crippen LogP contribution in [0.15, 0.2) is 18.2 Å². The van der Waals surface area contributed by atoms with Crippen LogP contribution >= 0.6 is 10.2 Å². The first-order valence-electron chi connectivity index (χ1n) is 4.81. The van der Waals surface area contributed by atoms with Gasteiger partial charge >= 0.3 is 0 Å². The molecule has 0 aliphatic carbocycles. The van der Waals surface area contributed by atoms with Crippen LogP contribution in [0, 0.1) is 0 Å². The second-order valence-corrected chi connectivity index (χ2v) is 8.42. The second kappa shape index (κ2) is 4.22. The van der Waals surface area contributed by atoms with Crippen LogP contribution < -0.4 is 4.72 Å². The van der Waals surface area contributed by atoms with Gasteiger partial charge in [0.25, 0.3) is 0 Å². The van der Waals surface area contributed by atoms with Gasteiger partial charge in [-0.1, -0.05) is 19.9 Å². The zero-order valence-corrected chi connectivity index (χ0v) is 10.5. The first kappa shape index (κ1) is 11.4. The molecular weight excluding hydrogens is 192 g/mol. The van der Waals surface area contributed by atoms with Gasteiger partial charge in [-0.05, 0) is 36.8 Å². The topological polar surface area (TPSA) is 24.9 Å². The molecule has 0 saturated carbocycles. The van der Waals surface area contributed by atoms with E-state index in [2.05, 4.69) is 54.5 Å². The molecule has 1 heterocycles. The van der Waals surface area contributed by atoms with Gasteiger partial charge in [0, 0.05) is 5.69 Å². The normalized spacial score (nSPS) is 13.0. The SMILES string of the molecule is CC(C)c1cccc(NS(C)(C)C)n1. The van der Waals surface area contributed by atoms with Crippen molar-refractivity contribution in [2.75, 3.05) is 23.5 Å². The zero-order chi connectivity index (χ0) is 10.8. The summed E-state index contributed by atoms with van der Waals surface area (Å²) in [5.41, 5.74) is 1.15. The molecule has 0 unspecified atom stereocenters. The van der Waals surface area contributed by atoms with Crippen molar-refractivity contribution in [2.45, 2.75) is 19.8 Å². The lowest BCUT2D eigenvalue weighted by molar-refractivity contribution is 0.825. The molecule has 0 aromatic carbocycles. The van der Waals surface area contributed by atoms with Gasteiger partial charge in [0.1, 0.15) is 5.82 Å². The van der Waals surface area contributed by atoms with Crippen LogP contribution in [-0.4, -0.2) is 23.8 Å². The summed E-state index contributed by atoms with van der Waals surface area (Å²) < 4.78 is 3.45. The summed E-state index contributed by atoms with van der Waals surface area (Å²) in [7, 11) is -0.732. The van der Waals surface area contributed by atoms with Crippen molar-refractivity contribution in [2.24, 2.45) is 0 Å². The number of pyridine rings is 1. The molecule has 0 fully saturated rings. The summed E-state index contributed by atoms with van der Waals surface area (Å²) in [6.07, 6.45) is 6.66. The van der Waals surface area contributed by atoms with E-state index in [0.717, 1.165) is 11.5 Å². The Bertz CT molecular complexity index is 302. The van der Waals surface area contributed by atoms with E-state index >= 15 is 0 Å². The Labute approximate surface area is 88.6 Å². The number of aromatic nitrogens is 1. The summed E-state index contributed by atoms with van der Waals surface area (Å²) in [6, 6.07) is 6.17. The van der Waals surface area contributed by atoms with Crippen LogP contribution in [0.1, 0.15) is 25.5 Å². The maximum atomic E-state index is 4.57. The van der Waals surface area contributed by atoms with E-state index in [1.54, 1.807) is 0 Å². The fraction of sp³-hybridized carbons (Fsp3) is 0.545. The third-order valence-electron chi connectivity index (χ3n) is 1.77. The largest absolute Gasteiger partial charge is 0.333 e. The molecule has 0 spiro atoms. The Kier molecular flexibility index (Phi) is 3.43. The summed E-state index contributed by atoms with van der Waals surface area (Å²) >= 11 is 0. The summed E-state index contributed by atoms with van der Waals surface area (Å²) in [5.74, 6) is 1.49. The first-order chi connectivity index (χ1) is 6.38. The van der Waals surface area contributed by atoms with Crippen LogP contribution in [0.5, 0.6) is 0 Å². The Hall–Kier alpha value is -0.700. The van der Waals surface area contributed by atoms with Crippen LogP contribution in [0.25, 0.3) is 0 Å². The molecule has 3 heteroatoms.